The fourth-order valence-corrected chi connectivity index (χ4v) is 2.48. The van der Waals surface area contributed by atoms with Crippen LogP contribution in [0, 0.1) is 19.2 Å². The van der Waals surface area contributed by atoms with E-state index in [1.165, 1.54) is 18.2 Å². The molecule has 6 heteroatoms. The molecule has 2 atom stereocenters. The second kappa shape index (κ2) is 16.1. The topological polar surface area (TPSA) is 46.6 Å². The molecule has 2 aliphatic rings. The van der Waals surface area contributed by atoms with E-state index in [0.717, 1.165) is 0 Å². The molecule has 0 aromatic rings. The van der Waals surface area contributed by atoms with Gasteiger partial charge in [0.25, 0.3) is 0 Å². The Hall–Kier alpha value is 0.0762. The zero-order valence-electron chi connectivity index (χ0n) is 27.3. The Morgan fingerprint density at radius 2 is 1.69 bits per heavy atom. The first-order valence-corrected chi connectivity index (χ1v) is 7.73. The molecule has 0 aliphatic heterocycles. The fraction of sp³-hybridized carbons (Fsp3) is 0.650. The molecular formula is C20H34IMgNO3. The van der Waals surface area contributed by atoms with Crippen LogP contribution in [0.3, 0.4) is 0 Å². The van der Waals surface area contributed by atoms with Gasteiger partial charge in [-0.2, -0.15) is 0 Å². The van der Waals surface area contributed by atoms with Gasteiger partial charge in [-0.05, 0) is 59.1 Å². The maximum absolute atomic E-state index is 11.7. The van der Waals surface area contributed by atoms with Gasteiger partial charge in [0.1, 0.15) is 5.78 Å². The van der Waals surface area contributed by atoms with E-state index >= 15 is 0 Å². The Labute approximate surface area is 210 Å². The third-order valence-corrected chi connectivity index (χ3v) is 4.13. The van der Waals surface area contributed by atoms with Crippen LogP contribution >= 0.6 is 0 Å². The number of carbonyl (C=O) groups is 2. The Morgan fingerprint density at radius 3 is 2.04 bits per heavy atom. The predicted molar refractivity (Wildman–Crippen MR) is 105 cm³/mol. The number of allylic oxidation sites excluding steroid dienone is 4. The smallest absolute Gasteiger partial charge is 1.00 e. The molecule has 0 spiro atoms. The maximum Gasteiger partial charge on any atom is 2.00 e. The molecule has 2 unspecified atom stereocenters. The Bertz CT molecular complexity index is 795. The average molecular weight is 500 g/mol. The summed E-state index contributed by atoms with van der Waals surface area (Å²) in [4.78, 5) is 28.0. The van der Waals surface area contributed by atoms with Gasteiger partial charge in [0.05, 0.1) is 7.11 Å². The summed E-state index contributed by atoms with van der Waals surface area (Å²) in [5, 5.41) is 1.19. The number of Topliss-reactive ketones (excluding diaryl/α,β-unsaturated/α-hetero) is 1. The largest absolute Gasteiger partial charge is 2.00 e. The predicted octanol–water partition coefficient (Wildman–Crippen LogP) is 1.15. The van der Waals surface area contributed by atoms with Crippen LogP contribution in [0.15, 0.2) is 23.3 Å². The molecule has 0 saturated carbocycles. The van der Waals surface area contributed by atoms with E-state index in [9.17, 15) is 9.59 Å². The number of rotatable bonds is 3. The molecule has 4 nitrogen and oxygen atoms in total. The fourth-order valence-electron chi connectivity index (χ4n) is 2.48. The normalized spacial score (nSPS) is 29.2. The minimum absolute atomic E-state index is 0. The van der Waals surface area contributed by atoms with E-state index in [0.29, 0.717) is 36.8 Å². The van der Waals surface area contributed by atoms with Gasteiger partial charge in [-0.15, -0.1) is 0 Å². The van der Waals surface area contributed by atoms with Crippen molar-refractivity contribution in [3.63, 3.8) is 0 Å². The molecule has 0 fully saturated rings. The van der Waals surface area contributed by atoms with Gasteiger partial charge in [0, 0.05) is 31.2 Å². The summed E-state index contributed by atoms with van der Waals surface area (Å²) < 4.78 is 81.9. The van der Waals surface area contributed by atoms with Crippen molar-refractivity contribution in [3.05, 3.63) is 30.7 Å². The van der Waals surface area contributed by atoms with Crippen molar-refractivity contribution in [1.82, 2.24) is 5.06 Å². The van der Waals surface area contributed by atoms with Crippen LogP contribution in [0.25, 0.3) is 0 Å². The van der Waals surface area contributed by atoms with E-state index in [4.69, 9.17) is 21.3 Å². The first kappa shape index (κ1) is 13.3. The number of nitrogens with zero attached hydrogens (tertiary/aromatic N) is 1. The molecule has 0 saturated heterocycles. The van der Waals surface area contributed by atoms with Crippen LogP contribution in [0.5, 0.6) is 0 Å². The summed E-state index contributed by atoms with van der Waals surface area (Å²) in [6.07, 6.45) is 5.52. The SMILES string of the molecule is [2H]C([2H])([2H])C(=O)C1CC=C(C([2H])([2H])[2H])CC1.[2H]C([2H])([2H])C1=CCC(C(=O)N(C)OC)CC1.[2H][C-]([2H])[2H].[I-].[Mg+2]. The van der Waals surface area contributed by atoms with Gasteiger partial charge in [0.15, 0.2) is 0 Å². The molecule has 0 bridgehead atoms. The second-order valence-electron chi connectivity index (χ2n) is 5.78. The summed E-state index contributed by atoms with van der Waals surface area (Å²) >= 11 is 0. The van der Waals surface area contributed by atoms with Gasteiger partial charge >= 0.3 is 23.1 Å². The average Bonchev–Trinajstić information content (AvgIpc) is 2.76. The Balaban J connectivity index is -0.000000540. The molecule has 0 aromatic heterocycles. The first-order chi connectivity index (χ1) is 16.2. The van der Waals surface area contributed by atoms with Crippen molar-refractivity contribution >= 4 is 34.7 Å². The van der Waals surface area contributed by atoms with Crippen molar-refractivity contribution in [2.24, 2.45) is 11.8 Å². The molecule has 0 heterocycles. The zero-order valence-corrected chi connectivity index (χ0v) is 18.9. The second-order valence-corrected chi connectivity index (χ2v) is 5.78. The maximum atomic E-state index is 11.7. The standard InChI is InChI=1S/C10H17NO2.C9H14O.CH3.HI.Mg/c1-8-4-6-9(7-5-8)10(12)11(2)13-3;1-7-3-5-9(6-4-7)8(2)10;;;/h4,9H,5-7H2,1-3H3;3,9H,4-6H2,1-2H3;1H3;1H;/q;;-1;;+2/p-1/i1D3;1D3,2D3;1D3;;. The number of hydrogen-bond donors (Lipinski definition) is 0. The summed E-state index contributed by atoms with van der Waals surface area (Å²) in [6.45, 7) is -6.70. The van der Waals surface area contributed by atoms with Crippen molar-refractivity contribution in [3.8, 4) is 0 Å². The third-order valence-electron chi connectivity index (χ3n) is 4.13. The molecule has 0 aromatic carbocycles. The van der Waals surface area contributed by atoms with Gasteiger partial charge in [-0.3, -0.25) is 14.4 Å². The Kier molecular flexibility index (Phi) is 8.24. The van der Waals surface area contributed by atoms with Crippen molar-refractivity contribution in [2.75, 3.05) is 14.2 Å². The summed E-state index contributed by atoms with van der Waals surface area (Å²) in [5.41, 5.74) is 0.804. The van der Waals surface area contributed by atoms with Gasteiger partial charge in [-0.25, -0.2) is 9.18 Å². The van der Waals surface area contributed by atoms with Crippen LogP contribution in [0.2, 0.25) is 0 Å². The van der Waals surface area contributed by atoms with Crippen LogP contribution in [0.4, 0.5) is 0 Å². The van der Waals surface area contributed by atoms with Gasteiger partial charge in [0.2, 0.25) is 5.91 Å². The number of carbonyl (C=O) groups excluding carboxylic acids is 2. The van der Waals surface area contributed by atoms with Crippen molar-refractivity contribution in [1.29, 1.82) is 0 Å². The van der Waals surface area contributed by atoms with Crippen LogP contribution in [0.1, 0.15) is 75.5 Å². The monoisotopic (exact) mass is 499 g/mol. The summed E-state index contributed by atoms with van der Waals surface area (Å²) in [7, 11) is 2.16. The van der Waals surface area contributed by atoms with Crippen molar-refractivity contribution < 1.29 is 54.9 Å². The van der Waals surface area contributed by atoms with E-state index < -0.39 is 39.6 Å². The van der Waals surface area contributed by atoms with E-state index in [2.05, 4.69) is 0 Å². The molecule has 0 N–H and O–H groups in total. The van der Waals surface area contributed by atoms with Gasteiger partial charge in [-0.1, -0.05) is 23.3 Å². The number of hydroxylamine groups is 2. The van der Waals surface area contributed by atoms with Crippen LogP contribution in [-0.2, 0) is 14.4 Å². The molecule has 2 aliphatic carbocycles. The molecule has 2 rings (SSSR count). The summed E-state index contributed by atoms with van der Waals surface area (Å²) in [5.74, 6) is -1.56. The van der Waals surface area contributed by atoms with E-state index in [1.54, 1.807) is 13.1 Å². The van der Waals surface area contributed by atoms with Crippen LogP contribution in [-0.4, -0.2) is 54.0 Å². The van der Waals surface area contributed by atoms with E-state index in [-0.39, 0.29) is 71.7 Å². The molecule has 0 radical (unpaired) electrons. The quantitative estimate of drug-likeness (QED) is 0.192. The first-order valence-electron chi connectivity index (χ1n) is 13.7. The van der Waals surface area contributed by atoms with Gasteiger partial charge < -0.3 is 31.3 Å². The molecular weight excluding hydrogens is 453 g/mol. The van der Waals surface area contributed by atoms with Crippen LogP contribution < -0.4 is 24.0 Å². The number of halogens is 1. The number of hydrogen-bond acceptors (Lipinski definition) is 3. The summed E-state index contributed by atoms with van der Waals surface area (Å²) in [6, 6.07) is 0. The molecule has 146 valence electrons. The van der Waals surface area contributed by atoms with Crippen molar-refractivity contribution in [2.45, 2.75) is 59.1 Å². The zero-order chi connectivity index (χ0) is 28.5. The molecule has 26 heavy (non-hydrogen) atoms. The number of ketones is 1. The Morgan fingerprint density at radius 1 is 1.19 bits per heavy atom. The minimum Gasteiger partial charge on any atom is -1.00 e. The van der Waals surface area contributed by atoms with E-state index in [1.807, 2.05) is 0 Å². The minimum atomic E-state index is -2.57. The third kappa shape index (κ3) is 11.0. The number of amides is 1. The molecule has 1 amide bonds.